The Bertz CT molecular complexity index is 2010. The van der Waals surface area contributed by atoms with Crippen molar-refractivity contribution in [2.75, 3.05) is 37.8 Å². The van der Waals surface area contributed by atoms with E-state index >= 15 is 0 Å². The van der Waals surface area contributed by atoms with Crippen LogP contribution in [0.1, 0.15) is 25.7 Å². The molecule has 1 saturated carbocycles. The first-order valence-corrected chi connectivity index (χ1v) is 15.2. The van der Waals surface area contributed by atoms with Crippen molar-refractivity contribution >= 4 is 39.1 Å². The zero-order valence-corrected chi connectivity index (χ0v) is 25.2. The maximum absolute atomic E-state index is 14.7. The zero-order valence-electron chi connectivity index (χ0n) is 25.2. The number of rotatable bonds is 9. The van der Waals surface area contributed by atoms with Gasteiger partial charge in [0, 0.05) is 59.0 Å². The second-order valence-corrected chi connectivity index (χ2v) is 11.9. The van der Waals surface area contributed by atoms with Gasteiger partial charge < -0.3 is 20.5 Å². The molecule has 10 nitrogen and oxygen atoms in total. The number of anilines is 2. The Hall–Kier alpha value is -5.16. The number of aromatic amines is 2. The summed E-state index contributed by atoms with van der Waals surface area (Å²) in [5, 5.41) is 15.8. The molecule has 1 fully saturated rings. The van der Waals surface area contributed by atoms with Gasteiger partial charge in [0.1, 0.15) is 11.5 Å². The minimum Gasteiger partial charge on any atom is -0.384 e. The highest BCUT2D eigenvalue weighted by Gasteiger charge is 2.23. The smallest absolute Gasteiger partial charge is 0.227 e. The van der Waals surface area contributed by atoms with Crippen LogP contribution < -0.4 is 10.6 Å². The minimum atomic E-state index is -0.317. The predicted molar refractivity (Wildman–Crippen MR) is 175 cm³/mol. The highest BCUT2D eigenvalue weighted by atomic mass is 19.1. The molecule has 0 aliphatic heterocycles. The summed E-state index contributed by atoms with van der Waals surface area (Å²) in [6.07, 6.45) is 12.7. The van der Waals surface area contributed by atoms with Crippen molar-refractivity contribution in [1.82, 2.24) is 35.0 Å². The number of fused-ring (bicyclic) bond motifs is 2. The van der Waals surface area contributed by atoms with Crippen molar-refractivity contribution in [2.24, 2.45) is 5.92 Å². The number of nitrogens with zero attached hydrogens (tertiary/aromatic N) is 5. The van der Waals surface area contributed by atoms with Crippen molar-refractivity contribution in [3.63, 3.8) is 0 Å². The van der Waals surface area contributed by atoms with E-state index in [0.29, 0.717) is 17.9 Å². The largest absolute Gasteiger partial charge is 0.384 e. The third kappa shape index (κ3) is 5.99. The van der Waals surface area contributed by atoms with E-state index < -0.39 is 0 Å². The molecular formula is C34H34FN9O. The van der Waals surface area contributed by atoms with Gasteiger partial charge in [0.2, 0.25) is 5.91 Å². The maximum atomic E-state index is 14.7. The molecule has 0 saturated heterocycles. The van der Waals surface area contributed by atoms with Crippen molar-refractivity contribution in [1.29, 1.82) is 0 Å². The molecule has 1 aromatic carbocycles. The quantitative estimate of drug-likeness (QED) is 0.149. The molecule has 6 aromatic rings. The number of carbonyl (C=O) groups is 1. The van der Waals surface area contributed by atoms with E-state index in [1.807, 2.05) is 38.4 Å². The lowest BCUT2D eigenvalue weighted by atomic mass is 10.0. The Morgan fingerprint density at radius 2 is 1.73 bits per heavy atom. The molecule has 0 atom stereocenters. The summed E-state index contributed by atoms with van der Waals surface area (Å²) in [6, 6.07) is 10.9. The topological polar surface area (TPSA) is 128 Å². The van der Waals surface area contributed by atoms with Gasteiger partial charge in [-0.05, 0) is 68.9 Å². The lowest BCUT2D eigenvalue weighted by molar-refractivity contribution is -0.119. The number of nitrogens with one attached hydrogen (secondary N) is 4. The van der Waals surface area contributed by atoms with Gasteiger partial charge in [0.25, 0.3) is 0 Å². The first-order chi connectivity index (χ1) is 21.9. The van der Waals surface area contributed by atoms with E-state index in [1.165, 1.54) is 12.1 Å². The number of aromatic nitrogens is 6. The number of hydrogen-bond donors (Lipinski definition) is 4. The molecule has 0 unspecified atom stereocenters. The summed E-state index contributed by atoms with van der Waals surface area (Å²) in [6.45, 7) is 1.53. The van der Waals surface area contributed by atoms with Crippen LogP contribution in [0.4, 0.5) is 15.8 Å². The molecule has 228 valence electrons. The Kier molecular flexibility index (Phi) is 7.68. The van der Waals surface area contributed by atoms with E-state index in [-0.39, 0.29) is 17.6 Å². The summed E-state index contributed by atoms with van der Waals surface area (Å²) in [7, 11) is 4.00. The molecule has 7 rings (SSSR count). The Labute approximate surface area is 259 Å². The van der Waals surface area contributed by atoms with Crippen LogP contribution in [0.15, 0.2) is 67.4 Å². The van der Waals surface area contributed by atoms with Crippen LogP contribution in [0.3, 0.4) is 0 Å². The molecule has 45 heavy (non-hydrogen) atoms. The van der Waals surface area contributed by atoms with Gasteiger partial charge in [0.15, 0.2) is 0 Å². The molecule has 1 amide bonds. The highest BCUT2D eigenvalue weighted by molar-refractivity contribution is 6.01. The van der Waals surface area contributed by atoms with Crippen LogP contribution >= 0.6 is 0 Å². The molecule has 11 heteroatoms. The van der Waals surface area contributed by atoms with Crippen LogP contribution in [-0.4, -0.2) is 68.1 Å². The third-order valence-corrected chi connectivity index (χ3v) is 8.37. The van der Waals surface area contributed by atoms with E-state index in [4.69, 9.17) is 0 Å². The lowest BCUT2D eigenvalue weighted by Gasteiger charge is -2.13. The second-order valence-electron chi connectivity index (χ2n) is 11.9. The van der Waals surface area contributed by atoms with Gasteiger partial charge in [0.05, 0.1) is 46.7 Å². The molecule has 5 aromatic heterocycles. The van der Waals surface area contributed by atoms with Crippen LogP contribution in [0.2, 0.25) is 0 Å². The molecule has 4 N–H and O–H groups in total. The van der Waals surface area contributed by atoms with Crippen molar-refractivity contribution < 1.29 is 9.18 Å². The lowest BCUT2D eigenvalue weighted by Crippen LogP contribution is -2.20. The fraction of sp³-hybridized carbons (Fsp3) is 0.265. The third-order valence-electron chi connectivity index (χ3n) is 8.37. The van der Waals surface area contributed by atoms with Gasteiger partial charge in [-0.15, -0.1) is 0 Å². The number of likely N-dealkylation sites (N-methyl/N-ethyl adjacent to an activating group) is 1. The van der Waals surface area contributed by atoms with Gasteiger partial charge in [-0.3, -0.25) is 24.8 Å². The Morgan fingerprint density at radius 1 is 0.911 bits per heavy atom. The van der Waals surface area contributed by atoms with Crippen LogP contribution in [0.5, 0.6) is 0 Å². The number of amides is 1. The molecule has 1 aliphatic carbocycles. The summed E-state index contributed by atoms with van der Waals surface area (Å²) in [5.74, 6) is -0.200. The first-order valence-electron chi connectivity index (χ1n) is 15.2. The highest BCUT2D eigenvalue weighted by Crippen LogP contribution is 2.35. The van der Waals surface area contributed by atoms with E-state index in [1.54, 1.807) is 31.0 Å². The van der Waals surface area contributed by atoms with E-state index in [2.05, 4.69) is 45.7 Å². The van der Waals surface area contributed by atoms with Gasteiger partial charge >= 0.3 is 0 Å². The van der Waals surface area contributed by atoms with Crippen LogP contribution in [0.25, 0.3) is 55.6 Å². The van der Waals surface area contributed by atoms with Crippen LogP contribution in [-0.2, 0) is 4.79 Å². The molecule has 5 heterocycles. The summed E-state index contributed by atoms with van der Waals surface area (Å²) < 4.78 is 14.7. The number of hydrogen-bond acceptors (Lipinski definition) is 7. The second kappa shape index (κ2) is 12.1. The molecule has 1 aliphatic rings. The number of carbonyl (C=O) groups excluding carboxylic acids is 1. The first kappa shape index (κ1) is 28.6. The van der Waals surface area contributed by atoms with Gasteiger partial charge in [-0.2, -0.15) is 5.10 Å². The molecular weight excluding hydrogens is 569 g/mol. The Morgan fingerprint density at radius 3 is 2.58 bits per heavy atom. The zero-order chi connectivity index (χ0) is 30.9. The number of pyridine rings is 3. The summed E-state index contributed by atoms with van der Waals surface area (Å²) >= 11 is 0. The number of halogens is 1. The predicted octanol–water partition coefficient (Wildman–Crippen LogP) is 6.47. The average molecular weight is 604 g/mol. The molecule has 0 radical (unpaired) electrons. The fourth-order valence-corrected chi connectivity index (χ4v) is 6.04. The Balaban J connectivity index is 1.20. The van der Waals surface area contributed by atoms with Crippen LogP contribution in [0, 0.1) is 11.7 Å². The molecule has 0 spiro atoms. The number of H-pyrrole nitrogens is 2. The van der Waals surface area contributed by atoms with Gasteiger partial charge in [-0.25, -0.2) is 4.39 Å². The normalized spacial score (nSPS) is 13.7. The van der Waals surface area contributed by atoms with Gasteiger partial charge in [-0.1, -0.05) is 12.8 Å². The standard InChI is InChI=1S/C34H34FN9O/c1-44(2)8-7-38-24-10-21(9-23(35)12-24)28-17-37-18-31-26(28)13-30(41-31)33-27-14-29(39-19-32(27)42-43-33)22-11-25(16-36-15-22)40-34(45)20-5-3-4-6-20/h9-20,38,41H,3-8H2,1-2H3,(H,40,45)(H,42,43). The number of benzene rings is 1. The fourth-order valence-electron chi connectivity index (χ4n) is 6.04. The monoisotopic (exact) mass is 603 g/mol. The average Bonchev–Trinajstić information content (AvgIpc) is 3.80. The van der Waals surface area contributed by atoms with E-state index in [0.717, 1.165) is 87.8 Å². The molecule has 0 bridgehead atoms. The van der Waals surface area contributed by atoms with E-state index in [9.17, 15) is 9.18 Å². The SMILES string of the molecule is CN(C)CCNc1cc(F)cc(-c2cncc3[nH]c(-c4n[nH]c5cnc(-c6cncc(NC(=O)C7CCCC7)c6)cc45)cc23)c1. The summed E-state index contributed by atoms with van der Waals surface area (Å²) in [5.41, 5.74) is 7.53. The van der Waals surface area contributed by atoms with Crippen molar-refractivity contribution in [3.8, 4) is 33.8 Å². The maximum Gasteiger partial charge on any atom is 0.227 e. The van der Waals surface area contributed by atoms with Crippen molar-refractivity contribution in [2.45, 2.75) is 25.7 Å². The summed E-state index contributed by atoms with van der Waals surface area (Å²) in [4.78, 5) is 31.7. The van der Waals surface area contributed by atoms with Crippen molar-refractivity contribution in [3.05, 3.63) is 73.2 Å². The minimum absolute atomic E-state index is 0.0507.